The maximum absolute atomic E-state index is 3.53. The summed E-state index contributed by atoms with van der Waals surface area (Å²) in [5, 5.41) is 2.69. The zero-order chi connectivity index (χ0) is 14.2. The highest BCUT2D eigenvalue weighted by Crippen LogP contribution is 2.43. The van der Waals surface area contributed by atoms with Gasteiger partial charge in [0.1, 0.15) is 0 Å². The second-order valence-corrected chi connectivity index (χ2v) is 6.91. The van der Waals surface area contributed by atoms with Crippen molar-refractivity contribution in [2.24, 2.45) is 0 Å². The van der Waals surface area contributed by atoms with E-state index in [1.165, 1.54) is 35.6 Å². The van der Waals surface area contributed by atoms with Crippen molar-refractivity contribution < 1.29 is 0 Å². The Bertz CT molecular complexity index is 724. The summed E-state index contributed by atoms with van der Waals surface area (Å²) in [5.74, 6) is 0.639. The lowest BCUT2D eigenvalue weighted by Crippen LogP contribution is -2.10. The average Bonchev–Trinajstić information content (AvgIpc) is 3.14. The van der Waals surface area contributed by atoms with Gasteiger partial charge in [-0.3, -0.25) is 0 Å². The third-order valence-corrected chi connectivity index (χ3v) is 5.26. The van der Waals surface area contributed by atoms with E-state index in [-0.39, 0.29) is 0 Å². The molecule has 0 amide bonds. The highest BCUT2D eigenvalue weighted by atomic mass is 79.9. The molecule has 4 rings (SSSR count). The van der Waals surface area contributed by atoms with Crippen molar-refractivity contribution in [2.45, 2.75) is 31.2 Å². The van der Waals surface area contributed by atoms with Gasteiger partial charge in [0.25, 0.3) is 0 Å². The van der Waals surface area contributed by atoms with Gasteiger partial charge in [-0.05, 0) is 41.3 Å². The van der Waals surface area contributed by atoms with Crippen molar-refractivity contribution in [1.82, 2.24) is 4.57 Å². The van der Waals surface area contributed by atoms with E-state index < -0.39 is 0 Å². The predicted octanol–water partition coefficient (Wildman–Crippen LogP) is 5.91. The van der Waals surface area contributed by atoms with Gasteiger partial charge in [-0.15, -0.1) is 0 Å². The second-order valence-electron chi connectivity index (χ2n) is 5.99. The number of rotatable bonds is 2. The smallest absolute Gasteiger partial charge is 0.0399 e. The van der Waals surface area contributed by atoms with Crippen molar-refractivity contribution >= 4 is 26.7 Å². The molecule has 1 heterocycles. The molecule has 0 bridgehead atoms. The van der Waals surface area contributed by atoms with E-state index in [4.69, 9.17) is 0 Å². The molecular weight excluding hydrogens is 322 g/mol. The standard InChI is InChI=1S/C19H18BrN/c20-17-10-8-14(9-11-17)18-6-3-7-19(18)21-12-15-4-1-2-5-16(15)13-21/h1-2,4-5,8-13,18-19H,3,6-7H2. The quantitative estimate of drug-likeness (QED) is 0.546. The summed E-state index contributed by atoms with van der Waals surface area (Å²) in [7, 11) is 0. The van der Waals surface area contributed by atoms with Crippen molar-refractivity contribution in [3.8, 4) is 0 Å². The third-order valence-electron chi connectivity index (χ3n) is 4.73. The van der Waals surface area contributed by atoms with Crippen LogP contribution in [0, 0.1) is 0 Å². The molecule has 2 unspecified atom stereocenters. The molecule has 1 fully saturated rings. The fourth-order valence-electron chi connectivity index (χ4n) is 3.69. The van der Waals surface area contributed by atoms with Crippen molar-refractivity contribution in [2.75, 3.05) is 0 Å². The van der Waals surface area contributed by atoms with Crippen molar-refractivity contribution in [3.63, 3.8) is 0 Å². The van der Waals surface area contributed by atoms with E-state index in [0.717, 1.165) is 4.47 Å². The van der Waals surface area contributed by atoms with Gasteiger partial charge in [-0.2, -0.15) is 0 Å². The molecule has 1 nitrogen and oxygen atoms in total. The Morgan fingerprint density at radius 2 is 1.52 bits per heavy atom. The van der Waals surface area contributed by atoms with Gasteiger partial charge < -0.3 is 4.57 Å². The molecule has 21 heavy (non-hydrogen) atoms. The van der Waals surface area contributed by atoms with Crippen LogP contribution < -0.4 is 0 Å². The molecule has 1 saturated carbocycles. The molecule has 1 aliphatic carbocycles. The van der Waals surface area contributed by atoms with E-state index in [1.54, 1.807) is 0 Å². The zero-order valence-corrected chi connectivity index (χ0v) is 13.5. The fourth-order valence-corrected chi connectivity index (χ4v) is 3.96. The lowest BCUT2D eigenvalue weighted by Gasteiger charge is -2.22. The Hall–Kier alpha value is -1.54. The molecule has 0 N–H and O–H groups in total. The van der Waals surface area contributed by atoms with E-state index in [2.05, 4.69) is 81.4 Å². The van der Waals surface area contributed by atoms with Gasteiger partial charge in [0.2, 0.25) is 0 Å². The lowest BCUT2D eigenvalue weighted by atomic mass is 9.94. The van der Waals surface area contributed by atoms with Crippen LogP contribution in [0.1, 0.15) is 36.8 Å². The monoisotopic (exact) mass is 339 g/mol. The van der Waals surface area contributed by atoms with Crippen LogP contribution in [0.2, 0.25) is 0 Å². The van der Waals surface area contributed by atoms with Crippen LogP contribution in [0.15, 0.2) is 65.4 Å². The van der Waals surface area contributed by atoms with Crippen LogP contribution in [-0.2, 0) is 0 Å². The van der Waals surface area contributed by atoms with Gasteiger partial charge >= 0.3 is 0 Å². The molecule has 2 aromatic carbocycles. The van der Waals surface area contributed by atoms with Crippen LogP contribution in [0.4, 0.5) is 0 Å². The van der Waals surface area contributed by atoms with Crippen LogP contribution in [-0.4, -0.2) is 4.57 Å². The number of aromatic nitrogens is 1. The Labute approximate surface area is 133 Å². The maximum Gasteiger partial charge on any atom is 0.0399 e. The van der Waals surface area contributed by atoms with Crippen LogP contribution in [0.5, 0.6) is 0 Å². The first kappa shape index (κ1) is 13.1. The number of hydrogen-bond donors (Lipinski definition) is 0. The molecule has 106 valence electrons. The largest absolute Gasteiger partial charge is 0.349 e. The summed E-state index contributed by atoms with van der Waals surface area (Å²) in [5.41, 5.74) is 1.47. The Morgan fingerprint density at radius 3 is 2.19 bits per heavy atom. The first-order chi connectivity index (χ1) is 10.3. The predicted molar refractivity (Wildman–Crippen MR) is 91.7 cm³/mol. The first-order valence-corrected chi connectivity index (χ1v) is 8.42. The summed E-state index contributed by atoms with van der Waals surface area (Å²) in [4.78, 5) is 0. The first-order valence-electron chi connectivity index (χ1n) is 7.63. The maximum atomic E-state index is 3.53. The fraction of sp³-hybridized carbons (Fsp3) is 0.263. The molecular formula is C19H18BrN. The van der Waals surface area contributed by atoms with E-state index >= 15 is 0 Å². The van der Waals surface area contributed by atoms with E-state index in [0.29, 0.717) is 12.0 Å². The molecule has 0 saturated heterocycles. The minimum absolute atomic E-state index is 0.596. The van der Waals surface area contributed by atoms with Gasteiger partial charge in [-0.1, -0.05) is 58.7 Å². The topological polar surface area (TPSA) is 4.93 Å². The number of halogens is 1. The second kappa shape index (κ2) is 5.34. The normalized spacial score (nSPS) is 22.0. The number of nitrogens with zero attached hydrogens (tertiary/aromatic N) is 1. The Kier molecular flexibility index (Phi) is 3.34. The van der Waals surface area contributed by atoms with E-state index in [9.17, 15) is 0 Å². The average molecular weight is 340 g/mol. The summed E-state index contributed by atoms with van der Waals surface area (Å²) < 4.78 is 3.61. The molecule has 0 aliphatic heterocycles. The molecule has 2 atom stereocenters. The minimum atomic E-state index is 0.596. The molecule has 3 aromatic rings. The van der Waals surface area contributed by atoms with Crippen molar-refractivity contribution in [1.29, 1.82) is 0 Å². The molecule has 0 radical (unpaired) electrons. The third kappa shape index (κ3) is 2.42. The lowest BCUT2D eigenvalue weighted by molar-refractivity contribution is 0.468. The number of hydrogen-bond acceptors (Lipinski definition) is 0. The number of fused-ring (bicyclic) bond motifs is 1. The molecule has 1 aliphatic rings. The Morgan fingerprint density at radius 1 is 0.857 bits per heavy atom. The van der Waals surface area contributed by atoms with Crippen LogP contribution in [0.3, 0.4) is 0 Å². The SMILES string of the molecule is Brc1ccc(C2CCCC2n2cc3ccccc3c2)cc1. The molecule has 2 heteroatoms. The minimum Gasteiger partial charge on any atom is -0.349 e. The molecule has 1 aromatic heterocycles. The van der Waals surface area contributed by atoms with Gasteiger partial charge in [0.15, 0.2) is 0 Å². The van der Waals surface area contributed by atoms with Gasteiger partial charge in [0, 0.05) is 28.8 Å². The summed E-state index contributed by atoms with van der Waals surface area (Å²) in [6.07, 6.45) is 8.52. The summed E-state index contributed by atoms with van der Waals surface area (Å²) >= 11 is 3.53. The van der Waals surface area contributed by atoms with Crippen LogP contribution in [0.25, 0.3) is 10.8 Å². The zero-order valence-electron chi connectivity index (χ0n) is 11.9. The number of benzene rings is 2. The molecule has 0 spiro atoms. The van der Waals surface area contributed by atoms with Crippen molar-refractivity contribution in [3.05, 3.63) is 71.0 Å². The highest BCUT2D eigenvalue weighted by molar-refractivity contribution is 9.10. The van der Waals surface area contributed by atoms with E-state index in [1.807, 2.05) is 0 Å². The Balaban J connectivity index is 1.71. The van der Waals surface area contributed by atoms with Crippen LogP contribution >= 0.6 is 15.9 Å². The summed E-state index contributed by atoms with van der Waals surface area (Å²) in [6.45, 7) is 0. The summed E-state index contributed by atoms with van der Waals surface area (Å²) in [6, 6.07) is 18.1. The highest BCUT2D eigenvalue weighted by Gasteiger charge is 2.29. The van der Waals surface area contributed by atoms with Gasteiger partial charge in [-0.25, -0.2) is 0 Å². The van der Waals surface area contributed by atoms with Gasteiger partial charge in [0.05, 0.1) is 0 Å².